The normalized spacial score (nSPS) is 11.2. The van der Waals surface area contributed by atoms with E-state index >= 15 is 0 Å². The Morgan fingerprint density at radius 3 is 2.86 bits per heavy atom. The summed E-state index contributed by atoms with van der Waals surface area (Å²) in [5.41, 5.74) is 7.35. The van der Waals surface area contributed by atoms with Crippen LogP contribution in [0.15, 0.2) is 42.5 Å². The second kappa shape index (κ2) is 4.03. The molecule has 2 rings (SSSR count). The van der Waals surface area contributed by atoms with Gasteiger partial charge in [0.25, 0.3) is 0 Å². The molecule has 0 radical (unpaired) electrons. The van der Waals surface area contributed by atoms with Crippen molar-refractivity contribution in [3.8, 4) is 0 Å². The quantitative estimate of drug-likeness (QED) is 0.777. The highest BCUT2D eigenvalue weighted by Gasteiger charge is 1.93. The third kappa shape index (κ3) is 1.80. The summed E-state index contributed by atoms with van der Waals surface area (Å²) in [5.74, 6) is 0. The predicted molar refractivity (Wildman–Crippen MR) is 59.8 cm³/mol. The summed E-state index contributed by atoms with van der Waals surface area (Å²) in [6, 6.07) is 12.1. The number of benzene rings is 1. The highest BCUT2D eigenvalue weighted by Crippen LogP contribution is 2.12. The highest BCUT2D eigenvalue weighted by molar-refractivity contribution is 5.79. The van der Waals surface area contributed by atoms with Crippen molar-refractivity contribution in [2.45, 2.75) is 0 Å². The topological polar surface area (TPSA) is 38.9 Å². The summed E-state index contributed by atoms with van der Waals surface area (Å²) in [4.78, 5) is 4.47. The molecule has 0 aliphatic heterocycles. The lowest BCUT2D eigenvalue weighted by molar-refractivity contribution is 1.26. The van der Waals surface area contributed by atoms with Gasteiger partial charge >= 0.3 is 0 Å². The van der Waals surface area contributed by atoms with Crippen molar-refractivity contribution in [2.75, 3.05) is 6.54 Å². The molecule has 0 fully saturated rings. The van der Waals surface area contributed by atoms with Crippen LogP contribution in [0, 0.1) is 0 Å². The molecule has 70 valence electrons. The fraction of sp³-hybridized carbons (Fsp3) is 0.0833. The second-order valence-corrected chi connectivity index (χ2v) is 3.07. The molecule has 14 heavy (non-hydrogen) atoms. The minimum Gasteiger partial charge on any atom is -0.327 e. The monoisotopic (exact) mass is 184 g/mol. The molecule has 1 aromatic heterocycles. The van der Waals surface area contributed by atoms with Gasteiger partial charge in [0.2, 0.25) is 0 Å². The van der Waals surface area contributed by atoms with Gasteiger partial charge < -0.3 is 5.73 Å². The predicted octanol–water partition coefficient (Wildman–Crippen LogP) is 2.21. The zero-order valence-electron chi connectivity index (χ0n) is 7.85. The molecule has 0 atom stereocenters. The Morgan fingerprint density at radius 1 is 1.14 bits per heavy atom. The van der Waals surface area contributed by atoms with Gasteiger partial charge in [-0.25, -0.2) is 4.98 Å². The van der Waals surface area contributed by atoms with Gasteiger partial charge in [-0.3, -0.25) is 0 Å². The second-order valence-electron chi connectivity index (χ2n) is 3.07. The van der Waals surface area contributed by atoms with Gasteiger partial charge in [0.05, 0.1) is 11.2 Å². The SMILES string of the molecule is NC/C=C/c1ccc2ccccc2n1. The van der Waals surface area contributed by atoms with Crippen LogP contribution in [-0.2, 0) is 0 Å². The minimum atomic E-state index is 0.550. The minimum absolute atomic E-state index is 0.550. The standard InChI is InChI=1S/C12H12N2/c13-9-3-5-11-8-7-10-4-1-2-6-12(10)14-11/h1-8H,9,13H2/b5-3+. The third-order valence-electron chi connectivity index (χ3n) is 2.04. The summed E-state index contributed by atoms with van der Waals surface area (Å²) in [6.07, 6.45) is 3.84. The van der Waals surface area contributed by atoms with Crippen molar-refractivity contribution in [3.05, 3.63) is 48.2 Å². The lowest BCUT2D eigenvalue weighted by atomic mass is 10.2. The van der Waals surface area contributed by atoms with Gasteiger partial charge in [0, 0.05) is 11.9 Å². The fourth-order valence-corrected chi connectivity index (χ4v) is 1.36. The van der Waals surface area contributed by atoms with Crippen molar-refractivity contribution in [3.63, 3.8) is 0 Å². The van der Waals surface area contributed by atoms with Crippen molar-refractivity contribution in [2.24, 2.45) is 5.73 Å². The van der Waals surface area contributed by atoms with Crippen LogP contribution in [0.3, 0.4) is 0 Å². The summed E-state index contributed by atoms with van der Waals surface area (Å²) in [7, 11) is 0. The lowest BCUT2D eigenvalue weighted by Crippen LogP contribution is -1.92. The fourth-order valence-electron chi connectivity index (χ4n) is 1.36. The van der Waals surface area contributed by atoms with Crippen molar-refractivity contribution < 1.29 is 0 Å². The van der Waals surface area contributed by atoms with Gasteiger partial charge in [-0.15, -0.1) is 0 Å². The lowest BCUT2D eigenvalue weighted by Gasteiger charge is -1.97. The maximum atomic E-state index is 5.37. The van der Waals surface area contributed by atoms with Crippen LogP contribution in [-0.4, -0.2) is 11.5 Å². The smallest absolute Gasteiger partial charge is 0.0709 e. The molecule has 2 nitrogen and oxygen atoms in total. The molecule has 0 amide bonds. The van der Waals surface area contributed by atoms with Crippen LogP contribution in [0.4, 0.5) is 0 Å². The van der Waals surface area contributed by atoms with Gasteiger partial charge in [0.1, 0.15) is 0 Å². The maximum Gasteiger partial charge on any atom is 0.0709 e. The summed E-state index contributed by atoms with van der Waals surface area (Å²) < 4.78 is 0. The molecule has 1 aromatic carbocycles. The Kier molecular flexibility index (Phi) is 2.56. The molecule has 0 bridgehead atoms. The van der Waals surface area contributed by atoms with Crippen LogP contribution in [0.25, 0.3) is 17.0 Å². The molecule has 0 unspecified atom stereocenters. The number of nitrogens with two attached hydrogens (primary N) is 1. The number of pyridine rings is 1. The summed E-state index contributed by atoms with van der Waals surface area (Å²) >= 11 is 0. The van der Waals surface area contributed by atoms with Gasteiger partial charge in [-0.05, 0) is 18.2 Å². The van der Waals surface area contributed by atoms with E-state index in [1.807, 2.05) is 36.4 Å². The van der Waals surface area contributed by atoms with E-state index in [9.17, 15) is 0 Å². The molecule has 0 spiro atoms. The first-order chi connectivity index (χ1) is 6.90. The Balaban J connectivity index is 2.46. The Labute approximate surface area is 83.1 Å². The zero-order valence-corrected chi connectivity index (χ0v) is 7.85. The molecule has 0 saturated heterocycles. The average molecular weight is 184 g/mol. The Bertz CT molecular complexity index is 461. The molecule has 0 aliphatic carbocycles. The van der Waals surface area contributed by atoms with Crippen molar-refractivity contribution >= 4 is 17.0 Å². The molecular weight excluding hydrogens is 172 g/mol. The summed E-state index contributed by atoms with van der Waals surface area (Å²) in [6.45, 7) is 0.550. The molecule has 2 aromatic rings. The number of nitrogens with zero attached hydrogens (tertiary/aromatic N) is 1. The first-order valence-electron chi connectivity index (χ1n) is 4.62. The van der Waals surface area contributed by atoms with Gasteiger partial charge in [-0.1, -0.05) is 30.3 Å². The molecule has 0 aliphatic rings. The van der Waals surface area contributed by atoms with Gasteiger partial charge in [0.15, 0.2) is 0 Å². The molecular formula is C12H12N2. The van der Waals surface area contributed by atoms with Crippen molar-refractivity contribution in [1.82, 2.24) is 4.98 Å². The van der Waals surface area contributed by atoms with E-state index in [2.05, 4.69) is 17.1 Å². The maximum absolute atomic E-state index is 5.37. The van der Waals surface area contributed by atoms with Crippen LogP contribution < -0.4 is 5.73 Å². The van der Waals surface area contributed by atoms with E-state index in [4.69, 9.17) is 5.73 Å². The van der Waals surface area contributed by atoms with E-state index in [0.29, 0.717) is 6.54 Å². The van der Waals surface area contributed by atoms with Gasteiger partial charge in [-0.2, -0.15) is 0 Å². The Morgan fingerprint density at radius 2 is 2.00 bits per heavy atom. The van der Waals surface area contributed by atoms with Crippen LogP contribution in [0.5, 0.6) is 0 Å². The van der Waals surface area contributed by atoms with E-state index in [-0.39, 0.29) is 0 Å². The molecule has 1 heterocycles. The largest absolute Gasteiger partial charge is 0.327 e. The number of aromatic nitrogens is 1. The van der Waals surface area contributed by atoms with Crippen LogP contribution in [0.1, 0.15) is 5.69 Å². The van der Waals surface area contributed by atoms with E-state index in [1.54, 1.807) is 0 Å². The van der Waals surface area contributed by atoms with E-state index in [0.717, 1.165) is 16.6 Å². The van der Waals surface area contributed by atoms with Crippen LogP contribution in [0.2, 0.25) is 0 Å². The first kappa shape index (κ1) is 8.91. The number of hydrogen-bond acceptors (Lipinski definition) is 2. The van der Waals surface area contributed by atoms with E-state index in [1.165, 1.54) is 0 Å². The summed E-state index contributed by atoms with van der Waals surface area (Å²) in [5, 5.41) is 1.16. The third-order valence-corrected chi connectivity index (χ3v) is 2.04. The van der Waals surface area contributed by atoms with E-state index < -0.39 is 0 Å². The van der Waals surface area contributed by atoms with Crippen LogP contribution >= 0.6 is 0 Å². The van der Waals surface area contributed by atoms with Crippen molar-refractivity contribution in [1.29, 1.82) is 0 Å². The highest BCUT2D eigenvalue weighted by atomic mass is 14.7. The zero-order chi connectivity index (χ0) is 9.80. The first-order valence-corrected chi connectivity index (χ1v) is 4.62. The average Bonchev–Trinajstić information content (AvgIpc) is 2.26. The number of fused-ring (bicyclic) bond motifs is 1. The molecule has 2 heteroatoms. The number of para-hydroxylation sites is 1. The number of rotatable bonds is 2. The number of hydrogen-bond donors (Lipinski definition) is 1. The molecule has 0 saturated carbocycles. The molecule has 2 N–H and O–H groups in total. The Hall–Kier alpha value is -1.67.